The fraction of sp³-hybridized carbons (Fsp3) is 0.632. The van der Waals surface area contributed by atoms with Gasteiger partial charge in [0.2, 0.25) is 0 Å². The Balaban J connectivity index is 2.31. The maximum absolute atomic E-state index is 12.0. The summed E-state index contributed by atoms with van der Waals surface area (Å²) in [6.07, 6.45) is 6.56. The molecule has 1 aromatic carbocycles. The smallest absolute Gasteiger partial charge is 0.323 e. The quantitative estimate of drug-likeness (QED) is 0.523. The van der Waals surface area contributed by atoms with Crippen LogP contribution in [0.4, 0.5) is 0 Å². The van der Waals surface area contributed by atoms with Gasteiger partial charge in [0, 0.05) is 0 Å². The number of rotatable bonds is 10. The zero-order chi connectivity index (χ0) is 16.4. The first kappa shape index (κ1) is 18.7. The summed E-state index contributed by atoms with van der Waals surface area (Å²) in [5, 5.41) is 0. The van der Waals surface area contributed by atoms with Gasteiger partial charge in [0.25, 0.3) is 0 Å². The Bertz CT molecular complexity index is 428. The third-order valence-electron chi connectivity index (χ3n) is 3.91. The summed E-state index contributed by atoms with van der Waals surface area (Å²) < 4.78 is 5.43. The van der Waals surface area contributed by atoms with Crippen molar-refractivity contribution >= 4 is 5.97 Å². The van der Waals surface area contributed by atoms with Crippen molar-refractivity contribution in [2.75, 3.05) is 6.61 Å². The Labute approximate surface area is 135 Å². The molecule has 2 N–H and O–H groups in total. The molecular weight excluding hydrogens is 274 g/mol. The maximum Gasteiger partial charge on any atom is 0.323 e. The highest BCUT2D eigenvalue weighted by atomic mass is 16.5. The minimum absolute atomic E-state index is 0.0237. The third-order valence-corrected chi connectivity index (χ3v) is 3.91. The van der Waals surface area contributed by atoms with E-state index < -0.39 is 6.04 Å². The van der Waals surface area contributed by atoms with E-state index >= 15 is 0 Å². The number of unbranched alkanes of at least 4 members (excludes halogenated alkanes) is 3. The molecule has 0 saturated carbocycles. The van der Waals surface area contributed by atoms with Gasteiger partial charge < -0.3 is 10.5 Å². The first-order valence-electron chi connectivity index (χ1n) is 8.41. The molecule has 0 aromatic heterocycles. The molecule has 3 nitrogen and oxygen atoms in total. The lowest BCUT2D eigenvalue weighted by molar-refractivity contribution is -0.148. The summed E-state index contributed by atoms with van der Waals surface area (Å²) in [6.45, 7) is 6.95. The summed E-state index contributed by atoms with van der Waals surface area (Å²) in [7, 11) is 0. The Kier molecular flexibility index (Phi) is 8.18. The number of carbonyl (C=O) groups excluding carboxylic acids is 1. The molecule has 0 heterocycles. The van der Waals surface area contributed by atoms with Crippen molar-refractivity contribution < 1.29 is 9.53 Å². The topological polar surface area (TPSA) is 52.3 Å². The number of hydrogen-bond acceptors (Lipinski definition) is 3. The predicted octanol–water partition coefficient (Wildman–Crippen LogP) is 4.10. The molecular formula is C19H31NO2. The molecule has 0 fully saturated rings. The number of benzene rings is 1. The number of carbonyl (C=O) groups is 1. The highest BCUT2D eigenvalue weighted by molar-refractivity contribution is 5.75. The van der Waals surface area contributed by atoms with Crippen LogP contribution in [-0.2, 0) is 16.0 Å². The van der Waals surface area contributed by atoms with Crippen molar-refractivity contribution in [3.63, 3.8) is 0 Å². The van der Waals surface area contributed by atoms with Gasteiger partial charge in [-0.15, -0.1) is 0 Å². The van der Waals surface area contributed by atoms with Crippen molar-refractivity contribution in [3.8, 4) is 0 Å². The van der Waals surface area contributed by atoms with Crippen molar-refractivity contribution in [3.05, 3.63) is 35.9 Å². The van der Waals surface area contributed by atoms with Crippen LogP contribution in [0.1, 0.15) is 58.4 Å². The summed E-state index contributed by atoms with van der Waals surface area (Å²) in [4.78, 5) is 12.0. The van der Waals surface area contributed by atoms with Crippen LogP contribution < -0.4 is 5.73 Å². The van der Waals surface area contributed by atoms with E-state index in [4.69, 9.17) is 10.5 Å². The standard InChI is InChI=1S/C19H31NO2/c1-4-5-6-10-13-19(2,3)15-22-18(21)17(20)14-16-11-8-7-9-12-16/h7-9,11-12,17H,4-6,10,13-15,20H2,1-3H3. The van der Waals surface area contributed by atoms with Gasteiger partial charge in [-0.05, 0) is 23.8 Å². The van der Waals surface area contributed by atoms with Crippen LogP contribution in [0.25, 0.3) is 0 Å². The molecule has 1 rings (SSSR count). The molecule has 0 bridgehead atoms. The number of esters is 1. The molecule has 0 amide bonds. The van der Waals surface area contributed by atoms with Gasteiger partial charge in [-0.3, -0.25) is 4.79 Å². The monoisotopic (exact) mass is 305 g/mol. The maximum atomic E-state index is 12.0. The van der Waals surface area contributed by atoms with E-state index in [-0.39, 0.29) is 11.4 Å². The van der Waals surface area contributed by atoms with E-state index in [1.165, 1.54) is 25.7 Å². The molecule has 0 spiro atoms. The van der Waals surface area contributed by atoms with E-state index in [9.17, 15) is 4.79 Å². The van der Waals surface area contributed by atoms with Crippen LogP contribution in [0.2, 0.25) is 0 Å². The van der Waals surface area contributed by atoms with Crippen LogP contribution in [-0.4, -0.2) is 18.6 Å². The van der Waals surface area contributed by atoms with Crippen molar-refractivity contribution in [1.82, 2.24) is 0 Å². The van der Waals surface area contributed by atoms with Gasteiger partial charge in [-0.25, -0.2) is 0 Å². The second kappa shape index (κ2) is 9.62. The zero-order valence-corrected chi connectivity index (χ0v) is 14.3. The molecule has 3 heteroatoms. The van der Waals surface area contributed by atoms with E-state index in [1.54, 1.807) is 0 Å². The summed E-state index contributed by atoms with van der Waals surface area (Å²) >= 11 is 0. The van der Waals surface area contributed by atoms with E-state index in [1.807, 2.05) is 30.3 Å². The molecule has 0 radical (unpaired) electrons. The molecule has 0 aliphatic rings. The molecule has 0 aliphatic carbocycles. The van der Waals surface area contributed by atoms with E-state index in [2.05, 4.69) is 20.8 Å². The highest BCUT2D eigenvalue weighted by Gasteiger charge is 2.22. The zero-order valence-electron chi connectivity index (χ0n) is 14.3. The predicted molar refractivity (Wildman–Crippen MR) is 91.6 cm³/mol. The normalized spacial score (nSPS) is 12.9. The SMILES string of the molecule is CCCCCCC(C)(C)COC(=O)C(N)Cc1ccccc1. The second-order valence-electron chi connectivity index (χ2n) is 6.88. The molecule has 1 unspecified atom stereocenters. The Morgan fingerprint density at radius 2 is 1.86 bits per heavy atom. The first-order chi connectivity index (χ1) is 10.4. The minimum atomic E-state index is -0.585. The fourth-order valence-electron chi connectivity index (χ4n) is 2.43. The van der Waals surface area contributed by atoms with Crippen LogP contribution in [0.15, 0.2) is 30.3 Å². The second-order valence-corrected chi connectivity index (χ2v) is 6.88. The van der Waals surface area contributed by atoms with E-state index in [0.29, 0.717) is 13.0 Å². The van der Waals surface area contributed by atoms with Gasteiger partial charge in [0.15, 0.2) is 0 Å². The van der Waals surface area contributed by atoms with Crippen molar-refractivity contribution in [1.29, 1.82) is 0 Å². The van der Waals surface area contributed by atoms with Gasteiger partial charge in [-0.1, -0.05) is 76.8 Å². The molecule has 0 saturated heterocycles. The average molecular weight is 305 g/mol. The van der Waals surface area contributed by atoms with Crippen LogP contribution >= 0.6 is 0 Å². The lowest BCUT2D eigenvalue weighted by atomic mass is 9.88. The Morgan fingerprint density at radius 1 is 1.18 bits per heavy atom. The van der Waals surface area contributed by atoms with Crippen molar-refractivity contribution in [2.24, 2.45) is 11.1 Å². The lowest BCUT2D eigenvalue weighted by Crippen LogP contribution is -2.36. The van der Waals surface area contributed by atoms with Gasteiger partial charge >= 0.3 is 5.97 Å². The largest absolute Gasteiger partial charge is 0.464 e. The number of nitrogens with two attached hydrogens (primary N) is 1. The van der Waals surface area contributed by atoms with Crippen LogP contribution in [0, 0.1) is 5.41 Å². The average Bonchev–Trinajstić information content (AvgIpc) is 2.50. The summed E-state index contributed by atoms with van der Waals surface area (Å²) in [6, 6.07) is 9.22. The molecule has 1 atom stereocenters. The van der Waals surface area contributed by atoms with Gasteiger partial charge in [-0.2, -0.15) is 0 Å². The molecule has 124 valence electrons. The third kappa shape index (κ3) is 7.60. The van der Waals surface area contributed by atoms with Gasteiger partial charge in [0.05, 0.1) is 6.61 Å². The first-order valence-corrected chi connectivity index (χ1v) is 8.41. The summed E-state index contributed by atoms with van der Waals surface area (Å²) in [5.41, 5.74) is 7.03. The minimum Gasteiger partial charge on any atom is -0.464 e. The highest BCUT2D eigenvalue weighted by Crippen LogP contribution is 2.24. The Hall–Kier alpha value is -1.35. The molecule has 22 heavy (non-hydrogen) atoms. The van der Waals surface area contributed by atoms with Crippen LogP contribution in [0.5, 0.6) is 0 Å². The summed E-state index contributed by atoms with van der Waals surface area (Å²) in [5.74, 6) is -0.300. The Morgan fingerprint density at radius 3 is 2.50 bits per heavy atom. The lowest BCUT2D eigenvalue weighted by Gasteiger charge is -2.25. The van der Waals surface area contributed by atoms with Crippen LogP contribution in [0.3, 0.4) is 0 Å². The van der Waals surface area contributed by atoms with Crippen molar-refractivity contribution in [2.45, 2.75) is 65.3 Å². The molecule has 0 aliphatic heterocycles. The van der Waals surface area contributed by atoms with Gasteiger partial charge in [0.1, 0.15) is 6.04 Å². The van der Waals surface area contributed by atoms with E-state index in [0.717, 1.165) is 12.0 Å². The number of ether oxygens (including phenoxy) is 1. The fourth-order valence-corrected chi connectivity index (χ4v) is 2.43. The molecule has 1 aromatic rings. The number of hydrogen-bond donors (Lipinski definition) is 1.